The van der Waals surface area contributed by atoms with Gasteiger partial charge in [0.25, 0.3) is 0 Å². The van der Waals surface area contributed by atoms with Crippen LogP contribution in [0.25, 0.3) is 0 Å². The fourth-order valence-electron chi connectivity index (χ4n) is 3.40. The highest BCUT2D eigenvalue weighted by atomic mass is 32.2. The Bertz CT molecular complexity index is 1140. The van der Waals surface area contributed by atoms with Gasteiger partial charge in [-0.2, -0.15) is 4.31 Å². The minimum absolute atomic E-state index is 0.00444. The summed E-state index contributed by atoms with van der Waals surface area (Å²) in [6.07, 6.45) is 1.17. The van der Waals surface area contributed by atoms with Crippen LogP contribution in [-0.2, 0) is 24.8 Å². The molecule has 0 saturated carbocycles. The molecule has 0 aliphatic carbocycles. The van der Waals surface area contributed by atoms with Crippen LogP contribution in [0.1, 0.15) is 18.4 Å². The van der Waals surface area contributed by atoms with Crippen molar-refractivity contribution in [2.24, 2.45) is 5.92 Å². The molecular weight excluding hydrogens is 438 g/mol. The second-order valence-electron chi connectivity index (χ2n) is 7.82. The van der Waals surface area contributed by atoms with Crippen LogP contribution in [0.2, 0.25) is 0 Å². The molecule has 2 aromatic carbocycles. The van der Waals surface area contributed by atoms with Crippen molar-refractivity contribution in [1.82, 2.24) is 8.61 Å². The second kappa shape index (κ2) is 9.07. The molecule has 0 spiro atoms. The normalized spacial score (nSPS) is 18.1. The molecule has 1 atom stereocenters. The van der Waals surface area contributed by atoms with E-state index in [1.54, 1.807) is 0 Å². The van der Waals surface area contributed by atoms with Crippen LogP contribution >= 0.6 is 0 Å². The first-order chi connectivity index (χ1) is 14.5. The van der Waals surface area contributed by atoms with Gasteiger partial charge in [-0.15, -0.1) is 0 Å². The molecule has 1 N–H and O–H groups in total. The molecule has 1 amide bonds. The van der Waals surface area contributed by atoms with Gasteiger partial charge in [-0.1, -0.05) is 17.7 Å². The van der Waals surface area contributed by atoms with E-state index in [4.69, 9.17) is 0 Å². The van der Waals surface area contributed by atoms with Gasteiger partial charge in [0.05, 0.1) is 15.7 Å². The van der Waals surface area contributed by atoms with Crippen molar-refractivity contribution in [2.45, 2.75) is 29.6 Å². The van der Waals surface area contributed by atoms with E-state index < -0.39 is 26.0 Å². The van der Waals surface area contributed by atoms with Gasteiger partial charge in [0.1, 0.15) is 0 Å². The van der Waals surface area contributed by atoms with Gasteiger partial charge >= 0.3 is 0 Å². The summed E-state index contributed by atoms with van der Waals surface area (Å²) in [6.45, 7) is 2.35. The summed E-state index contributed by atoms with van der Waals surface area (Å²) in [5.41, 5.74) is 1.76. The zero-order valence-corrected chi connectivity index (χ0v) is 19.4. The molecule has 10 heteroatoms. The van der Waals surface area contributed by atoms with Crippen LogP contribution in [0.5, 0.6) is 0 Å². The fourth-order valence-corrected chi connectivity index (χ4v) is 5.82. The molecule has 8 nitrogen and oxygen atoms in total. The maximum absolute atomic E-state index is 13.1. The Morgan fingerprint density at radius 1 is 0.968 bits per heavy atom. The average Bonchev–Trinajstić information content (AvgIpc) is 2.75. The Morgan fingerprint density at radius 3 is 2.13 bits per heavy atom. The van der Waals surface area contributed by atoms with Crippen molar-refractivity contribution in [3.63, 3.8) is 0 Å². The van der Waals surface area contributed by atoms with Gasteiger partial charge in [0.2, 0.25) is 26.0 Å². The van der Waals surface area contributed by atoms with Crippen LogP contribution in [-0.4, -0.2) is 58.5 Å². The second-order valence-corrected chi connectivity index (χ2v) is 11.9. The first kappa shape index (κ1) is 23.4. The molecule has 1 fully saturated rings. The van der Waals surface area contributed by atoms with E-state index in [-0.39, 0.29) is 22.2 Å². The highest BCUT2D eigenvalue weighted by molar-refractivity contribution is 7.89. The Hall–Kier alpha value is -2.27. The molecule has 0 radical (unpaired) electrons. The largest absolute Gasteiger partial charge is 0.326 e. The third-order valence-electron chi connectivity index (χ3n) is 5.31. The van der Waals surface area contributed by atoms with E-state index >= 15 is 0 Å². The molecule has 1 aliphatic heterocycles. The first-order valence-electron chi connectivity index (χ1n) is 9.92. The van der Waals surface area contributed by atoms with Crippen LogP contribution in [0, 0.1) is 12.8 Å². The fraction of sp³-hybridized carbons (Fsp3) is 0.381. The molecule has 0 unspecified atom stereocenters. The average molecular weight is 466 g/mol. The number of carbonyl (C=O) groups excluding carboxylic acids is 1. The minimum Gasteiger partial charge on any atom is -0.326 e. The predicted molar refractivity (Wildman–Crippen MR) is 119 cm³/mol. The Balaban J connectivity index is 1.74. The van der Waals surface area contributed by atoms with E-state index in [1.165, 1.54) is 42.7 Å². The lowest BCUT2D eigenvalue weighted by Crippen LogP contribution is -2.43. The quantitative estimate of drug-likeness (QED) is 0.705. The van der Waals surface area contributed by atoms with Gasteiger partial charge in [0, 0.05) is 32.9 Å². The van der Waals surface area contributed by atoms with E-state index in [9.17, 15) is 21.6 Å². The molecule has 1 saturated heterocycles. The number of nitrogens with one attached hydrogen (secondary N) is 1. The first-order valence-corrected chi connectivity index (χ1v) is 12.8. The zero-order chi connectivity index (χ0) is 22.8. The highest BCUT2D eigenvalue weighted by Gasteiger charge is 2.33. The maximum Gasteiger partial charge on any atom is 0.243 e. The van der Waals surface area contributed by atoms with E-state index in [0.29, 0.717) is 25.1 Å². The summed E-state index contributed by atoms with van der Waals surface area (Å²) < 4.78 is 52.9. The minimum atomic E-state index is -3.84. The summed E-state index contributed by atoms with van der Waals surface area (Å²) in [7, 11) is -4.66. The Kier molecular flexibility index (Phi) is 6.85. The number of hydrogen-bond acceptors (Lipinski definition) is 5. The number of hydrogen-bond donors (Lipinski definition) is 1. The smallest absolute Gasteiger partial charge is 0.243 e. The molecule has 1 aliphatic rings. The lowest BCUT2D eigenvalue weighted by molar-refractivity contribution is -0.120. The van der Waals surface area contributed by atoms with Gasteiger partial charge < -0.3 is 5.32 Å². The lowest BCUT2D eigenvalue weighted by atomic mass is 9.98. The Morgan fingerprint density at radius 2 is 1.55 bits per heavy atom. The molecule has 2 aromatic rings. The standard InChI is InChI=1S/C21H27N3O5S2/c1-16-6-8-18(9-7-16)22-21(25)17-5-4-14-24(15-17)31(28,29)20-12-10-19(11-13-20)30(26,27)23(2)3/h6-13,17H,4-5,14-15H2,1-3H3,(H,22,25)/t17-/m1/s1. The summed E-state index contributed by atoms with van der Waals surface area (Å²) in [5.74, 6) is -0.672. The summed E-state index contributed by atoms with van der Waals surface area (Å²) in [5, 5.41) is 2.85. The van der Waals surface area contributed by atoms with E-state index in [0.717, 1.165) is 9.87 Å². The van der Waals surface area contributed by atoms with Gasteiger partial charge in [-0.05, 0) is 56.2 Å². The summed E-state index contributed by atoms with van der Waals surface area (Å²) >= 11 is 0. The van der Waals surface area contributed by atoms with Crippen LogP contribution < -0.4 is 5.32 Å². The number of anilines is 1. The lowest BCUT2D eigenvalue weighted by Gasteiger charge is -2.31. The van der Waals surface area contributed by atoms with Crippen molar-refractivity contribution in [3.8, 4) is 0 Å². The zero-order valence-electron chi connectivity index (χ0n) is 17.8. The number of nitrogens with zero attached hydrogens (tertiary/aromatic N) is 2. The van der Waals surface area contributed by atoms with Crippen molar-refractivity contribution < 1.29 is 21.6 Å². The third-order valence-corrected chi connectivity index (χ3v) is 9.02. The molecule has 1 heterocycles. The van der Waals surface area contributed by atoms with Gasteiger partial charge in [-0.3, -0.25) is 4.79 Å². The molecular formula is C21H27N3O5S2. The van der Waals surface area contributed by atoms with Crippen molar-refractivity contribution in [2.75, 3.05) is 32.5 Å². The van der Waals surface area contributed by atoms with Crippen LogP contribution in [0.15, 0.2) is 58.3 Å². The monoisotopic (exact) mass is 465 g/mol. The SMILES string of the molecule is Cc1ccc(NC(=O)[C@@H]2CCCN(S(=O)(=O)c3ccc(S(=O)(=O)N(C)C)cc3)C2)cc1. The number of benzene rings is 2. The third kappa shape index (κ3) is 5.15. The van der Waals surface area contributed by atoms with E-state index in [2.05, 4.69) is 5.32 Å². The maximum atomic E-state index is 13.1. The summed E-state index contributed by atoms with van der Waals surface area (Å²) in [4.78, 5) is 12.7. The Labute approximate surface area is 184 Å². The van der Waals surface area contributed by atoms with Crippen LogP contribution in [0.4, 0.5) is 5.69 Å². The molecule has 0 bridgehead atoms. The highest BCUT2D eigenvalue weighted by Crippen LogP contribution is 2.26. The van der Waals surface area contributed by atoms with Gasteiger partial charge in [0.15, 0.2) is 0 Å². The van der Waals surface area contributed by atoms with Crippen molar-refractivity contribution in [3.05, 3.63) is 54.1 Å². The summed E-state index contributed by atoms with van der Waals surface area (Å²) in [6, 6.07) is 12.6. The van der Waals surface area contributed by atoms with Crippen molar-refractivity contribution in [1.29, 1.82) is 0 Å². The van der Waals surface area contributed by atoms with Crippen LogP contribution in [0.3, 0.4) is 0 Å². The number of carbonyl (C=O) groups is 1. The van der Waals surface area contributed by atoms with E-state index in [1.807, 2.05) is 31.2 Å². The number of aryl methyl sites for hydroxylation is 1. The number of sulfonamides is 2. The topological polar surface area (TPSA) is 104 Å². The van der Waals surface area contributed by atoms with Gasteiger partial charge in [-0.25, -0.2) is 21.1 Å². The van der Waals surface area contributed by atoms with Crippen molar-refractivity contribution >= 4 is 31.6 Å². The molecule has 3 rings (SSSR count). The number of rotatable bonds is 6. The number of amides is 1. The molecule has 0 aromatic heterocycles. The molecule has 31 heavy (non-hydrogen) atoms. The number of piperidine rings is 1. The molecule has 168 valence electrons. The predicted octanol–water partition coefficient (Wildman–Crippen LogP) is 2.28.